The lowest BCUT2D eigenvalue weighted by Gasteiger charge is -2.36. The maximum absolute atomic E-state index is 9.57. The lowest BCUT2D eigenvalue weighted by Crippen LogP contribution is -2.47. The van der Waals surface area contributed by atoms with E-state index in [1.807, 2.05) is 13.0 Å². The average molecular weight is 302 g/mol. The van der Waals surface area contributed by atoms with Crippen molar-refractivity contribution < 1.29 is 9.84 Å². The zero-order valence-corrected chi connectivity index (χ0v) is 11.3. The standard InChI is InChI=1S/C11H16BrN3O2/c1-8-13-9(12)6-10(14-8)15-11(7-16)2-4-17-5-3-11/h6,16H,2-5,7H2,1H3,(H,13,14,15). The van der Waals surface area contributed by atoms with E-state index < -0.39 is 0 Å². The van der Waals surface area contributed by atoms with Gasteiger partial charge in [0.05, 0.1) is 12.1 Å². The van der Waals surface area contributed by atoms with Crippen LogP contribution in [0.15, 0.2) is 10.7 Å². The number of aliphatic hydroxyl groups is 1. The predicted octanol–water partition coefficient (Wildman–Crippen LogP) is 1.50. The summed E-state index contributed by atoms with van der Waals surface area (Å²) in [6.45, 7) is 3.25. The summed E-state index contributed by atoms with van der Waals surface area (Å²) in [7, 11) is 0. The molecule has 1 saturated heterocycles. The molecule has 0 aromatic carbocycles. The monoisotopic (exact) mass is 301 g/mol. The fraction of sp³-hybridized carbons (Fsp3) is 0.636. The number of hydrogen-bond donors (Lipinski definition) is 2. The molecule has 1 aromatic heterocycles. The van der Waals surface area contributed by atoms with Gasteiger partial charge in [-0.05, 0) is 35.7 Å². The molecule has 1 aliphatic rings. The zero-order valence-electron chi connectivity index (χ0n) is 9.74. The molecule has 0 amide bonds. The zero-order chi connectivity index (χ0) is 12.3. The van der Waals surface area contributed by atoms with Crippen molar-refractivity contribution in [1.29, 1.82) is 0 Å². The summed E-state index contributed by atoms with van der Waals surface area (Å²) in [5.74, 6) is 1.43. The highest BCUT2D eigenvalue weighted by Crippen LogP contribution is 2.25. The molecule has 0 atom stereocenters. The van der Waals surface area contributed by atoms with Gasteiger partial charge in [-0.25, -0.2) is 9.97 Å². The average Bonchev–Trinajstić information content (AvgIpc) is 2.29. The van der Waals surface area contributed by atoms with Crippen molar-refractivity contribution in [3.63, 3.8) is 0 Å². The van der Waals surface area contributed by atoms with E-state index in [1.165, 1.54) is 0 Å². The Balaban J connectivity index is 2.17. The highest BCUT2D eigenvalue weighted by molar-refractivity contribution is 9.10. The minimum atomic E-state index is -0.321. The van der Waals surface area contributed by atoms with Crippen molar-refractivity contribution >= 4 is 21.7 Å². The summed E-state index contributed by atoms with van der Waals surface area (Å²) < 4.78 is 6.06. The van der Waals surface area contributed by atoms with E-state index in [1.54, 1.807) is 0 Å². The topological polar surface area (TPSA) is 67.3 Å². The van der Waals surface area contributed by atoms with E-state index in [2.05, 4.69) is 31.2 Å². The quantitative estimate of drug-likeness (QED) is 0.828. The van der Waals surface area contributed by atoms with E-state index in [9.17, 15) is 5.11 Å². The second-order valence-corrected chi connectivity index (χ2v) is 5.11. The van der Waals surface area contributed by atoms with Crippen LogP contribution in [0.3, 0.4) is 0 Å². The number of aromatic nitrogens is 2. The molecule has 6 heteroatoms. The molecule has 5 nitrogen and oxygen atoms in total. The van der Waals surface area contributed by atoms with Gasteiger partial charge in [0.15, 0.2) is 0 Å². The van der Waals surface area contributed by atoms with Gasteiger partial charge in [-0.15, -0.1) is 0 Å². The number of ether oxygens (including phenoxy) is 1. The molecule has 0 unspecified atom stereocenters. The summed E-state index contributed by atoms with van der Waals surface area (Å²) in [6.07, 6.45) is 1.56. The molecule has 1 aromatic rings. The Labute approximate surface area is 109 Å². The smallest absolute Gasteiger partial charge is 0.131 e. The molecule has 17 heavy (non-hydrogen) atoms. The van der Waals surface area contributed by atoms with Crippen molar-refractivity contribution in [2.45, 2.75) is 25.3 Å². The number of halogens is 1. The maximum Gasteiger partial charge on any atom is 0.131 e. The third-order valence-electron chi connectivity index (χ3n) is 2.95. The Hall–Kier alpha value is -0.720. The van der Waals surface area contributed by atoms with E-state index in [-0.39, 0.29) is 12.1 Å². The summed E-state index contributed by atoms with van der Waals surface area (Å²) in [4.78, 5) is 8.47. The molecule has 2 N–H and O–H groups in total. The van der Waals surface area contributed by atoms with Gasteiger partial charge in [-0.1, -0.05) is 0 Å². The fourth-order valence-electron chi connectivity index (χ4n) is 1.95. The molecular formula is C11H16BrN3O2. The van der Waals surface area contributed by atoms with Crippen LogP contribution in [0.25, 0.3) is 0 Å². The Morgan fingerprint density at radius 3 is 2.76 bits per heavy atom. The van der Waals surface area contributed by atoms with Crippen molar-refractivity contribution in [3.05, 3.63) is 16.5 Å². The Bertz CT molecular complexity index is 374. The molecule has 94 valence electrons. The fourth-order valence-corrected chi connectivity index (χ4v) is 2.43. The van der Waals surface area contributed by atoms with Crippen LogP contribution in [-0.2, 0) is 4.74 Å². The molecule has 1 aliphatic heterocycles. The number of rotatable bonds is 3. The van der Waals surface area contributed by atoms with Gasteiger partial charge in [0.2, 0.25) is 0 Å². The van der Waals surface area contributed by atoms with Crippen molar-refractivity contribution in [2.24, 2.45) is 0 Å². The Morgan fingerprint density at radius 2 is 2.18 bits per heavy atom. The highest BCUT2D eigenvalue weighted by atomic mass is 79.9. The van der Waals surface area contributed by atoms with E-state index in [0.717, 1.165) is 23.3 Å². The number of aliphatic hydroxyl groups excluding tert-OH is 1. The number of aryl methyl sites for hydroxylation is 1. The number of nitrogens with zero attached hydrogens (tertiary/aromatic N) is 2. The summed E-state index contributed by atoms with van der Waals surface area (Å²) in [6, 6.07) is 1.82. The maximum atomic E-state index is 9.57. The van der Waals surface area contributed by atoms with Gasteiger partial charge >= 0.3 is 0 Å². The first kappa shape index (κ1) is 12.7. The number of anilines is 1. The van der Waals surface area contributed by atoms with Crippen LogP contribution in [0.1, 0.15) is 18.7 Å². The summed E-state index contributed by atoms with van der Waals surface area (Å²) in [5.41, 5.74) is -0.321. The van der Waals surface area contributed by atoms with Crippen molar-refractivity contribution in [3.8, 4) is 0 Å². The summed E-state index contributed by atoms with van der Waals surface area (Å²) >= 11 is 3.34. The SMILES string of the molecule is Cc1nc(Br)cc(NC2(CO)CCOCC2)n1. The first-order valence-corrected chi connectivity index (χ1v) is 6.41. The third kappa shape index (κ3) is 3.14. The van der Waals surface area contributed by atoms with Crippen LogP contribution in [0, 0.1) is 6.92 Å². The molecule has 2 rings (SSSR count). The predicted molar refractivity (Wildman–Crippen MR) is 68.0 cm³/mol. The molecule has 2 heterocycles. The first-order chi connectivity index (χ1) is 8.13. The second-order valence-electron chi connectivity index (χ2n) is 4.30. The van der Waals surface area contributed by atoms with Gasteiger partial charge < -0.3 is 15.2 Å². The Morgan fingerprint density at radius 1 is 1.47 bits per heavy atom. The van der Waals surface area contributed by atoms with Gasteiger partial charge in [0.25, 0.3) is 0 Å². The minimum absolute atomic E-state index is 0.0804. The largest absolute Gasteiger partial charge is 0.394 e. The van der Waals surface area contributed by atoms with Crippen LogP contribution in [0.5, 0.6) is 0 Å². The molecule has 1 fully saturated rings. The molecule has 0 spiro atoms. The van der Waals surface area contributed by atoms with Gasteiger partial charge in [-0.2, -0.15) is 0 Å². The van der Waals surface area contributed by atoms with E-state index in [4.69, 9.17) is 4.74 Å². The van der Waals surface area contributed by atoms with Gasteiger partial charge in [0.1, 0.15) is 16.2 Å². The van der Waals surface area contributed by atoms with Crippen molar-refractivity contribution in [1.82, 2.24) is 9.97 Å². The van der Waals surface area contributed by atoms with Crippen LogP contribution in [-0.4, -0.2) is 40.4 Å². The molecule has 0 bridgehead atoms. The van der Waals surface area contributed by atoms with Gasteiger partial charge in [0, 0.05) is 19.3 Å². The molecule has 0 saturated carbocycles. The number of hydrogen-bond acceptors (Lipinski definition) is 5. The van der Waals surface area contributed by atoms with E-state index in [0.29, 0.717) is 19.0 Å². The van der Waals surface area contributed by atoms with Crippen LogP contribution >= 0.6 is 15.9 Å². The van der Waals surface area contributed by atoms with E-state index >= 15 is 0 Å². The Kier molecular flexibility index (Phi) is 3.96. The minimum Gasteiger partial charge on any atom is -0.394 e. The molecular weight excluding hydrogens is 286 g/mol. The summed E-state index contributed by atoms with van der Waals surface area (Å²) in [5, 5.41) is 12.9. The van der Waals surface area contributed by atoms with Crippen molar-refractivity contribution in [2.75, 3.05) is 25.1 Å². The van der Waals surface area contributed by atoms with Crippen LogP contribution in [0.2, 0.25) is 0 Å². The molecule has 0 radical (unpaired) electrons. The lowest BCUT2D eigenvalue weighted by atomic mass is 9.91. The van der Waals surface area contributed by atoms with Gasteiger partial charge in [-0.3, -0.25) is 0 Å². The second kappa shape index (κ2) is 5.29. The normalized spacial score (nSPS) is 19.0. The third-order valence-corrected chi connectivity index (χ3v) is 3.36. The van der Waals surface area contributed by atoms with Crippen LogP contribution < -0.4 is 5.32 Å². The molecule has 0 aliphatic carbocycles. The number of nitrogens with one attached hydrogen (secondary N) is 1. The first-order valence-electron chi connectivity index (χ1n) is 5.61. The van der Waals surface area contributed by atoms with Crippen LogP contribution in [0.4, 0.5) is 5.82 Å². The lowest BCUT2D eigenvalue weighted by molar-refractivity contribution is 0.0378. The highest BCUT2D eigenvalue weighted by Gasteiger charge is 2.32.